The highest BCUT2D eigenvalue weighted by atomic mass is 16.5. The fourth-order valence-electron chi connectivity index (χ4n) is 8.52. The average Bonchev–Trinajstić information content (AvgIpc) is 3.33. The van der Waals surface area contributed by atoms with E-state index in [2.05, 4.69) is 50.4 Å². The fourth-order valence-corrected chi connectivity index (χ4v) is 8.52. The number of nitrogens with one attached hydrogen (secondary N) is 1. The highest BCUT2D eigenvalue weighted by Crippen LogP contribution is 2.18. The smallest absolute Gasteiger partial charge is 0.306 e. The quantitative estimate of drug-likeness (QED) is 0.0244. The summed E-state index contributed by atoms with van der Waals surface area (Å²) in [6.45, 7) is 6.33. The molecule has 3 atom stereocenters. The predicted octanol–water partition coefficient (Wildman–Crippen LogP) is 17.9. The monoisotopic (exact) mass is 948 g/mol. The number of carbonyl (C=O) groups is 2. The molecule has 6 nitrogen and oxygen atoms in total. The van der Waals surface area contributed by atoms with Gasteiger partial charge in [0, 0.05) is 6.42 Å². The van der Waals surface area contributed by atoms with Crippen molar-refractivity contribution >= 4 is 11.9 Å². The minimum absolute atomic E-state index is 0.0222. The van der Waals surface area contributed by atoms with E-state index in [1.807, 2.05) is 60.8 Å². The van der Waals surface area contributed by atoms with E-state index in [-0.39, 0.29) is 24.9 Å². The maximum Gasteiger partial charge on any atom is 0.306 e. The molecule has 3 N–H and O–H groups in total. The number of ether oxygens (including phenoxy) is 1. The zero-order valence-corrected chi connectivity index (χ0v) is 44.7. The van der Waals surface area contributed by atoms with E-state index in [9.17, 15) is 19.8 Å². The summed E-state index contributed by atoms with van der Waals surface area (Å²) in [6.07, 6.45) is 72.2. The second-order valence-electron chi connectivity index (χ2n) is 19.5. The van der Waals surface area contributed by atoms with E-state index in [0.717, 1.165) is 57.8 Å². The lowest BCUT2D eigenvalue weighted by atomic mass is 10.0. The van der Waals surface area contributed by atoms with Crippen molar-refractivity contribution in [2.75, 3.05) is 6.61 Å². The summed E-state index contributed by atoms with van der Waals surface area (Å²) in [4.78, 5) is 26.3. The fraction of sp³-hybridized carbons (Fsp3) is 0.742. The van der Waals surface area contributed by atoms with Gasteiger partial charge >= 0.3 is 5.97 Å². The van der Waals surface area contributed by atoms with Crippen molar-refractivity contribution in [3.8, 4) is 0 Å². The Balaban J connectivity index is 4.65. The highest BCUT2D eigenvalue weighted by molar-refractivity contribution is 5.77. The first kappa shape index (κ1) is 65.0. The number of allylic oxidation sites excluding steroid dienone is 14. The van der Waals surface area contributed by atoms with Gasteiger partial charge in [-0.25, -0.2) is 0 Å². The number of esters is 1. The number of carbonyl (C=O) groups excluding carboxylic acids is 2. The second-order valence-corrected chi connectivity index (χ2v) is 19.5. The van der Waals surface area contributed by atoms with Crippen LogP contribution in [0.3, 0.4) is 0 Å². The Morgan fingerprint density at radius 1 is 0.441 bits per heavy atom. The Morgan fingerprint density at radius 2 is 0.824 bits per heavy atom. The van der Waals surface area contributed by atoms with Crippen LogP contribution in [-0.4, -0.2) is 46.9 Å². The molecule has 0 aliphatic carbocycles. The van der Waals surface area contributed by atoms with Crippen molar-refractivity contribution in [3.63, 3.8) is 0 Å². The van der Waals surface area contributed by atoms with Crippen molar-refractivity contribution < 1.29 is 24.5 Å². The molecule has 0 aromatic heterocycles. The van der Waals surface area contributed by atoms with Gasteiger partial charge in [-0.15, -0.1) is 0 Å². The zero-order chi connectivity index (χ0) is 49.5. The molecule has 0 rings (SSSR count). The van der Waals surface area contributed by atoms with Crippen LogP contribution >= 0.6 is 0 Å². The Morgan fingerprint density at radius 3 is 1.26 bits per heavy atom. The summed E-state index contributed by atoms with van der Waals surface area (Å²) in [7, 11) is 0. The number of amides is 1. The molecule has 0 saturated carbocycles. The SMILES string of the molecule is CC\C=C/C=C/C=C/C=C\C=C\C=C\CCCC(CC(=O)NC(CO)C(O)CCCCCCCCCCCCCCCCCCC)OC(=O)CCCCCCCCC/C=C/CCCCCCCC. The molecule has 0 fully saturated rings. The Kier molecular flexibility index (Phi) is 52.6. The number of unbranched alkanes of at least 4 members (excludes halogenated alkanes) is 30. The van der Waals surface area contributed by atoms with Crippen molar-refractivity contribution in [1.29, 1.82) is 0 Å². The summed E-state index contributed by atoms with van der Waals surface area (Å²) >= 11 is 0. The van der Waals surface area contributed by atoms with Gasteiger partial charge in [-0.3, -0.25) is 9.59 Å². The number of aliphatic hydroxyl groups is 2. The van der Waals surface area contributed by atoms with Crippen LogP contribution in [0.2, 0.25) is 0 Å². The van der Waals surface area contributed by atoms with Crippen molar-refractivity contribution in [2.24, 2.45) is 0 Å². The first-order chi connectivity index (χ1) is 33.5. The van der Waals surface area contributed by atoms with Crippen molar-refractivity contribution in [1.82, 2.24) is 5.32 Å². The minimum Gasteiger partial charge on any atom is -0.462 e. The molecule has 68 heavy (non-hydrogen) atoms. The van der Waals surface area contributed by atoms with Crippen LogP contribution in [0.1, 0.15) is 271 Å². The van der Waals surface area contributed by atoms with E-state index in [1.54, 1.807) is 0 Å². The third kappa shape index (κ3) is 49.5. The zero-order valence-electron chi connectivity index (χ0n) is 44.7. The van der Waals surface area contributed by atoms with Crippen LogP contribution in [0.25, 0.3) is 0 Å². The molecule has 3 unspecified atom stereocenters. The Bertz CT molecular complexity index is 1290. The third-order valence-corrected chi connectivity index (χ3v) is 12.9. The van der Waals surface area contributed by atoms with Gasteiger partial charge in [0.15, 0.2) is 0 Å². The summed E-state index contributed by atoms with van der Waals surface area (Å²) in [5, 5.41) is 23.9. The number of aliphatic hydroxyl groups excluding tert-OH is 2. The van der Waals surface area contributed by atoms with Gasteiger partial charge in [0.25, 0.3) is 0 Å². The molecule has 0 heterocycles. The Hall–Kier alpha value is -2.96. The van der Waals surface area contributed by atoms with E-state index in [1.165, 1.54) is 167 Å². The normalized spacial score (nSPS) is 13.8. The summed E-state index contributed by atoms with van der Waals surface area (Å²) in [5.41, 5.74) is 0. The molecule has 6 heteroatoms. The molecule has 0 radical (unpaired) electrons. The molecule has 0 aliphatic heterocycles. The van der Waals surface area contributed by atoms with Crippen LogP contribution in [0.5, 0.6) is 0 Å². The summed E-state index contributed by atoms with van der Waals surface area (Å²) < 4.78 is 5.92. The average molecular weight is 949 g/mol. The van der Waals surface area contributed by atoms with Gasteiger partial charge in [-0.2, -0.15) is 0 Å². The first-order valence-corrected chi connectivity index (χ1v) is 28.9. The first-order valence-electron chi connectivity index (χ1n) is 28.9. The highest BCUT2D eigenvalue weighted by Gasteiger charge is 2.24. The van der Waals surface area contributed by atoms with Gasteiger partial charge in [0.1, 0.15) is 6.10 Å². The minimum atomic E-state index is -0.813. The van der Waals surface area contributed by atoms with Crippen LogP contribution in [0, 0.1) is 0 Å². The molecule has 0 bridgehead atoms. The van der Waals surface area contributed by atoms with Crippen molar-refractivity contribution in [3.05, 3.63) is 85.1 Å². The summed E-state index contributed by atoms with van der Waals surface area (Å²) in [5.74, 6) is -0.552. The van der Waals surface area contributed by atoms with Gasteiger partial charge in [0.05, 0.1) is 25.2 Å². The van der Waals surface area contributed by atoms with E-state index in [0.29, 0.717) is 19.3 Å². The van der Waals surface area contributed by atoms with Gasteiger partial charge in [-0.05, 0) is 64.2 Å². The van der Waals surface area contributed by atoms with Crippen molar-refractivity contribution in [2.45, 2.75) is 289 Å². The topological polar surface area (TPSA) is 95.9 Å². The molecule has 0 spiro atoms. The molecular weight excluding hydrogens is 839 g/mol. The predicted molar refractivity (Wildman–Crippen MR) is 296 cm³/mol. The van der Waals surface area contributed by atoms with Gasteiger partial charge < -0.3 is 20.3 Å². The van der Waals surface area contributed by atoms with Crippen LogP contribution in [0.15, 0.2) is 85.1 Å². The number of hydrogen-bond donors (Lipinski definition) is 3. The summed E-state index contributed by atoms with van der Waals surface area (Å²) in [6, 6.07) is -0.732. The molecule has 1 amide bonds. The van der Waals surface area contributed by atoms with Crippen LogP contribution in [0.4, 0.5) is 0 Å². The third-order valence-electron chi connectivity index (χ3n) is 12.9. The molecule has 0 aromatic rings. The van der Waals surface area contributed by atoms with Gasteiger partial charge in [-0.1, -0.05) is 279 Å². The number of hydrogen-bond acceptors (Lipinski definition) is 5. The standard InChI is InChI=1S/C62H109NO5/c1-4-7-10-13-16-19-22-25-28-30-33-36-39-42-45-48-51-54-60(65)59(57-64)63-61(66)56-58(53-50-47-44-41-38-35-32-27-24-21-18-15-12-9-6-3)68-62(67)55-52-49-46-43-40-37-34-31-29-26-23-20-17-14-11-8-5-2/h9,12,15,18,21,24,26-27,29,32,35,38,41,44,58-60,64-65H,4-8,10-11,13-14,16-17,19-20,22-23,25,28,30-31,33-34,36-37,39-40,42-43,45-57H2,1-3H3,(H,63,66)/b12-9-,18-15+,24-21+,29-26+,32-27-,38-35+,44-41+. The second kappa shape index (κ2) is 55.0. The molecular formula is C62H109NO5. The molecule has 0 aliphatic rings. The largest absolute Gasteiger partial charge is 0.462 e. The maximum atomic E-state index is 13.3. The van der Waals surface area contributed by atoms with E-state index < -0.39 is 18.2 Å². The number of rotatable bonds is 51. The van der Waals surface area contributed by atoms with Crippen LogP contribution in [-0.2, 0) is 14.3 Å². The van der Waals surface area contributed by atoms with Crippen LogP contribution < -0.4 is 5.32 Å². The lowest BCUT2D eigenvalue weighted by molar-refractivity contribution is -0.151. The maximum absolute atomic E-state index is 13.3. The van der Waals surface area contributed by atoms with Gasteiger partial charge in [0.2, 0.25) is 5.91 Å². The lowest BCUT2D eigenvalue weighted by Crippen LogP contribution is -2.46. The van der Waals surface area contributed by atoms with E-state index >= 15 is 0 Å². The Labute approximate surface area is 421 Å². The molecule has 0 saturated heterocycles. The molecule has 0 aromatic carbocycles. The lowest BCUT2D eigenvalue weighted by Gasteiger charge is -2.24. The van der Waals surface area contributed by atoms with E-state index in [4.69, 9.17) is 4.74 Å². The molecule has 392 valence electrons.